The molecular weight excluding hydrogens is 239 g/mol. The van der Waals surface area contributed by atoms with Gasteiger partial charge in [-0.25, -0.2) is 0 Å². The van der Waals surface area contributed by atoms with Crippen molar-refractivity contribution in [2.75, 3.05) is 0 Å². The molecule has 0 aromatic heterocycles. The number of unbranched alkanes of at least 4 members (excludes halogenated alkanes) is 4. The fourth-order valence-corrected chi connectivity index (χ4v) is 1.00. The van der Waals surface area contributed by atoms with Gasteiger partial charge in [-0.05, 0) is 18.9 Å². The molecule has 0 amide bonds. The predicted molar refractivity (Wildman–Crippen MR) is 53.0 cm³/mol. The molecule has 0 fully saturated rings. The van der Waals surface area contributed by atoms with Crippen molar-refractivity contribution in [2.45, 2.75) is 39.0 Å². The first-order valence-electron chi connectivity index (χ1n) is 3.84. The fourth-order valence-electron chi connectivity index (χ4n) is 0.793. The molecule has 0 saturated carbocycles. The Morgan fingerprint density at radius 3 is 2.70 bits per heavy atom. The molecule has 0 aliphatic rings. The van der Waals surface area contributed by atoms with Gasteiger partial charge in [0.05, 0.1) is 6.26 Å². The van der Waals surface area contributed by atoms with Gasteiger partial charge < -0.3 is 3.07 Å². The normalized spacial score (nSPS) is 10.6. The van der Waals surface area contributed by atoms with Gasteiger partial charge >= 0.3 is 0 Å². The third kappa shape index (κ3) is 8.27. The SMILES string of the molecule is CCCCCCC=COI. The van der Waals surface area contributed by atoms with E-state index in [-0.39, 0.29) is 0 Å². The summed E-state index contributed by atoms with van der Waals surface area (Å²) in [6, 6.07) is 0. The molecule has 0 bridgehead atoms. The second kappa shape index (κ2) is 9.27. The van der Waals surface area contributed by atoms with Gasteiger partial charge in [-0.15, -0.1) is 0 Å². The average molecular weight is 254 g/mol. The molecule has 10 heavy (non-hydrogen) atoms. The molecule has 0 atom stereocenters. The number of hydrogen-bond acceptors (Lipinski definition) is 1. The molecular formula is C8H15IO. The van der Waals surface area contributed by atoms with E-state index >= 15 is 0 Å². The van der Waals surface area contributed by atoms with Crippen LogP contribution in [0.3, 0.4) is 0 Å². The van der Waals surface area contributed by atoms with Crippen LogP contribution in [0, 0.1) is 0 Å². The highest BCUT2D eigenvalue weighted by molar-refractivity contribution is 14.1. The van der Waals surface area contributed by atoms with Crippen LogP contribution < -0.4 is 0 Å². The third-order valence-corrected chi connectivity index (χ3v) is 1.67. The van der Waals surface area contributed by atoms with Crippen molar-refractivity contribution in [3.63, 3.8) is 0 Å². The molecule has 0 aromatic carbocycles. The van der Waals surface area contributed by atoms with E-state index in [4.69, 9.17) is 3.07 Å². The van der Waals surface area contributed by atoms with Gasteiger partial charge in [-0.2, -0.15) is 0 Å². The molecule has 1 nitrogen and oxygen atoms in total. The molecule has 0 radical (unpaired) electrons. The third-order valence-electron chi connectivity index (χ3n) is 1.37. The smallest absolute Gasteiger partial charge is 0.191 e. The quantitative estimate of drug-likeness (QED) is 0.397. The average Bonchev–Trinajstić information content (AvgIpc) is 1.97. The second-order valence-corrected chi connectivity index (χ2v) is 2.82. The standard InChI is InChI=1S/C8H15IO/c1-2-3-4-5-6-7-8-10-9/h7-8H,2-6H2,1H3. The molecule has 0 aromatic rings. The van der Waals surface area contributed by atoms with Gasteiger partial charge in [0, 0.05) is 0 Å². The van der Waals surface area contributed by atoms with Crippen LogP contribution in [0.15, 0.2) is 12.3 Å². The maximum absolute atomic E-state index is 4.74. The molecule has 2 heteroatoms. The number of hydrogen-bond donors (Lipinski definition) is 0. The molecule has 0 aliphatic carbocycles. The van der Waals surface area contributed by atoms with Gasteiger partial charge in [-0.3, -0.25) is 0 Å². The van der Waals surface area contributed by atoms with Crippen molar-refractivity contribution in [2.24, 2.45) is 0 Å². The summed E-state index contributed by atoms with van der Waals surface area (Å²) in [6.45, 7) is 2.23. The van der Waals surface area contributed by atoms with Crippen LogP contribution in [0.1, 0.15) is 39.0 Å². The number of rotatable bonds is 6. The molecule has 0 N–H and O–H groups in total. The summed E-state index contributed by atoms with van der Waals surface area (Å²) in [5, 5.41) is 0. The van der Waals surface area contributed by atoms with E-state index < -0.39 is 0 Å². The Balaban J connectivity index is 2.83. The van der Waals surface area contributed by atoms with Gasteiger partial charge in [0.25, 0.3) is 0 Å². The monoisotopic (exact) mass is 254 g/mol. The molecule has 0 unspecified atom stereocenters. The van der Waals surface area contributed by atoms with Gasteiger partial charge in [0.15, 0.2) is 23.0 Å². The Bertz CT molecular complexity index is 81.3. The Morgan fingerprint density at radius 2 is 2.10 bits per heavy atom. The van der Waals surface area contributed by atoms with Crippen molar-refractivity contribution in [1.29, 1.82) is 0 Å². The molecule has 60 valence electrons. The first kappa shape index (κ1) is 10.3. The Labute approximate surface area is 77.5 Å². The molecule has 0 spiro atoms. The highest BCUT2D eigenvalue weighted by Crippen LogP contribution is 2.03. The Morgan fingerprint density at radius 1 is 1.30 bits per heavy atom. The topological polar surface area (TPSA) is 9.23 Å². The maximum Gasteiger partial charge on any atom is 0.191 e. The summed E-state index contributed by atoms with van der Waals surface area (Å²) >= 11 is 1.87. The molecule has 0 rings (SSSR count). The van der Waals surface area contributed by atoms with E-state index in [2.05, 4.69) is 13.0 Å². The molecule has 0 heterocycles. The van der Waals surface area contributed by atoms with E-state index in [1.54, 1.807) is 6.26 Å². The van der Waals surface area contributed by atoms with Crippen LogP contribution in [0.5, 0.6) is 0 Å². The number of allylic oxidation sites excluding steroid dienone is 1. The lowest BCUT2D eigenvalue weighted by atomic mass is 10.2. The minimum atomic E-state index is 1.16. The van der Waals surface area contributed by atoms with Crippen molar-refractivity contribution in [3.8, 4) is 0 Å². The summed E-state index contributed by atoms with van der Waals surface area (Å²) < 4.78 is 4.74. The van der Waals surface area contributed by atoms with Crippen molar-refractivity contribution in [3.05, 3.63) is 12.3 Å². The Hall–Kier alpha value is 0.270. The fraction of sp³-hybridized carbons (Fsp3) is 0.750. The van der Waals surface area contributed by atoms with Gasteiger partial charge in [0.2, 0.25) is 0 Å². The van der Waals surface area contributed by atoms with E-state index in [0.29, 0.717) is 0 Å². The van der Waals surface area contributed by atoms with Crippen molar-refractivity contribution < 1.29 is 3.07 Å². The summed E-state index contributed by atoms with van der Waals surface area (Å²) in [7, 11) is 0. The minimum Gasteiger partial charge on any atom is -0.436 e. The van der Waals surface area contributed by atoms with Crippen LogP contribution >= 0.6 is 23.0 Å². The lowest BCUT2D eigenvalue weighted by Crippen LogP contribution is -1.73. The van der Waals surface area contributed by atoms with Crippen molar-refractivity contribution in [1.82, 2.24) is 0 Å². The summed E-state index contributed by atoms with van der Waals surface area (Å²) in [6.07, 6.45) is 10.3. The highest BCUT2D eigenvalue weighted by Gasteiger charge is 1.83. The lowest BCUT2D eigenvalue weighted by molar-refractivity contribution is 0.622. The highest BCUT2D eigenvalue weighted by atomic mass is 127. The minimum absolute atomic E-state index is 1.16. The zero-order chi connectivity index (χ0) is 7.66. The summed E-state index contributed by atoms with van der Waals surface area (Å²) in [5.74, 6) is 0. The zero-order valence-corrected chi connectivity index (χ0v) is 8.63. The van der Waals surface area contributed by atoms with Crippen LogP contribution in [0.2, 0.25) is 0 Å². The van der Waals surface area contributed by atoms with Crippen LogP contribution in [-0.2, 0) is 3.07 Å². The van der Waals surface area contributed by atoms with E-state index in [1.807, 2.05) is 23.0 Å². The van der Waals surface area contributed by atoms with Crippen molar-refractivity contribution >= 4 is 23.0 Å². The van der Waals surface area contributed by atoms with Gasteiger partial charge in [-0.1, -0.05) is 26.2 Å². The molecule has 0 saturated heterocycles. The zero-order valence-electron chi connectivity index (χ0n) is 6.48. The summed E-state index contributed by atoms with van der Waals surface area (Å²) in [4.78, 5) is 0. The largest absolute Gasteiger partial charge is 0.436 e. The first-order valence-corrected chi connectivity index (χ1v) is 4.72. The number of halogens is 1. The van der Waals surface area contributed by atoms with E-state index in [0.717, 1.165) is 6.42 Å². The van der Waals surface area contributed by atoms with Crippen LogP contribution in [-0.4, -0.2) is 0 Å². The van der Waals surface area contributed by atoms with Gasteiger partial charge in [0.1, 0.15) is 0 Å². The second-order valence-electron chi connectivity index (χ2n) is 2.31. The van der Waals surface area contributed by atoms with Crippen LogP contribution in [0.25, 0.3) is 0 Å². The first-order chi connectivity index (χ1) is 4.91. The predicted octanol–water partition coefficient (Wildman–Crippen LogP) is 3.84. The Kier molecular flexibility index (Phi) is 9.52. The van der Waals surface area contributed by atoms with Crippen LogP contribution in [0.4, 0.5) is 0 Å². The van der Waals surface area contributed by atoms with E-state index in [1.165, 1.54) is 25.7 Å². The molecule has 0 aliphatic heterocycles. The summed E-state index contributed by atoms with van der Waals surface area (Å²) in [5.41, 5.74) is 0. The maximum atomic E-state index is 4.74. The lowest BCUT2D eigenvalue weighted by Gasteiger charge is -1.92. The van der Waals surface area contributed by atoms with E-state index in [9.17, 15) is 0 Å².